The normalized spacial score (nSPS) is 18.7. The van der Waals surface area contributed by atoms with Gasteiger partial charge in [0.2, 0.25) is 5.91 Å². The molecule has 2 aliphatic rings. The lowest BCUT2D eigenvalue weighted by molar-refractivity contribution is -0.119. The van der Waals surface area contributed by atoms with Crippen LogP contribution in [0.1, 0.15) is 60.2 Å². The van der Waals surface area contributed by atoms with E-state index in [9.17, 15) is 9.59 Å². The molecule has 2 unspecified atom stereocenters. The predicted octanol–water partition coefficient (Wildman–Crippen LogP) is 4.79. The summed E-state index contributed by atoms with van der Waals surface area (Å²) in [6.07, 6.45) is 6.28. The van der Waals surface area contributed by atoms with Gasteiger partial charge in [-0.25, -0.2) is 4.98 Å². The molecule has 3 heterocycles. The Bertz CT molecular complexity index is 1260. The maximum absolute atomic E-state index is 13.7. The standard InChI is InChI=1S/C26H31N3O3S2/c1-16-8-3-4-10-19(16)17(2)27-22(30)15-33-26-28-24-23(20-11-5-6-12-21(20)34-24)25(31)29(26)14-18-9-7-13-32-18/h3-4,8,10,17-18H,5-7,9,11-15H2,1-2H3,(H,27,30). The fourth-order valence-electron chi connectivity index (χ4n) is 5.05. The molecule has 1 amide bonds. The van der Waals surface area contributed by atoms with Gasteiger partial charge in [-0.2, -0.15) is 0 Å². The number of nitrogens with one attached hydrogen (secondary N) is 1. The van der Waals surface area contributed by atoms with Crippen LogP contribution in [0.25, 0.3) is 10.2 Å². The van der Waals surface area contributed by atoms with Gasteiger partial charge in [-0.3, -0.25) is 14.2 Å². The first-order valence-electron chi connectivity index (χ1n) is 12.2. The molecule has 1 N–H and O–H groups in total. The largest absolute Gasteiger partial charge is 0.376 e. The van der Waals surface area contributed by atoms with Gasteiger partial charge in [0.1, 0.15) is 4.83 Å². The highest BCUT2D eigenvalue weighted by Gasteiger charge is 2.25. The molecule has 1 saturated heterocycles. The van der Waals surface area contributed by atoms with Crippen LogP contribution in [-0.4, -0.2) is 33.9 Å². The van der Waals surface area contributed by atoms with Crippen LogP contribution in [0.15, 0.2) is 34.2 Å². The summed E-state index contributed by atoms with van der Waals surface area (Å²) in [5.41, 5.74) is 3.49. The van der Waals surface area contributed by atoms with Gasteiger partial charge in [-0.1, -0.05) is 36.0 Å². The second-order valence-corrected chi connectivity index (χ2v) is 11.3. The Labute approximate surface area is 208 Å². The van der Waals surface area contributed by atoms with Crippen molar-refractivity contribution in [3.05, 3.63) is 56.2 Å². The Kier molecular flexibility index (Phi) is 7.09. The molecule has 2 aromatic heterocycles. The molecular formula is C26H31N3O3S2. The Morgan fingerprint density at radius 3 is 2.91 bits per heavy atom. The number of hydrogen-bond acceptors (Lipinski definition) is 6. The zero-order valence-electron chi connectivity index (χ0n) is 19.8. The lowest BCUT2D eigenvalue weighted by Crippen LogP contribution is -2.31. The Morgan fingerprint density at radius 2 is 2.12 bits per heavy atom. The topological polar surface area (TPSA) is 73.2 Å². The lowest BCUT2D eigenvalue weighted by atomic mass is 9.97. The van der Waals surface area contributed by atoms with Crippen molar-refractivity contribution in [3.8, 4) is 0 Å². The smallest absolute Gasteiger partial charge is 0.263 e. The van der Waals surface area contributed by atoms with E-state index < -0.39 is 0 Å². The van der Waals surface area contributed by atoms with Crippen LogP contribution in [0, 0.1) is 6.92 Å². The number of hydrogen-bond donors (Lipinski definition) is 1. The van der Waals surface area contributed by atoms with Crippen molar-refractivity contribution in [2.75, 3.05) is 12.4 Å². The number of thiophene rings is 1. The van der Waals surface area contributed by atoms with Gasteiger partial charge >= 0.3 is 0 Å². The number of aryl methyl sites for hydroxylation is 3. The van der Waals surface area contributed by atoms with Crippen LogP contribution < -0.4 is 10.9 Å². The van der Waals surface area contributed by atoms with Crippen molar-refractivity contribution in [3.63, 3.8) is 0 Å². The first-order chi connectivity index (χ1) is 16.5. The number of nitrogens with zero attached hydrogens (tertiary/aromatic N) is 2. The van der Waals surface area contributed by atoms with E-state index >= 15 is 0 Å². The summed E-state index contributed by atoms with van der Waals surface area (Å²) in [6, 6.07) is 8.00. The maximum atomic E-state index is 13.7. The first kappa shape index (κ1) is 23.6. The van der Waals surface area contributed by atoms with E-state index in [4.69, 9.17) is 9.72 Å². The third-order valence-electron chi connectivity index (χ3n) is 6.81. The molecule has 34 heavy (non-hydrogen) atoms. The third-order valence-corrected chi connectivity index (χ3v) is 8.98. The molecule has 0 bridgehead atoms. The summed E-state index contributed by atoms with van der Waals surface area (Å²) in [6.45, 7) is 5.29. The fourth-order valence-corrected chi connectivity index (χ4v) is 7.17. The Hall–Kier alpha value is -2.16. The van der Waals surface area contributed by atoms with Gasteiger partial charge in [0.05, 0.1) is 29.8 Å². The minimum atomic E-state index is -0.0807. The van der Waals surface area contributed by atoms with Crippen molar-refractivity contribution >= 4 is 39.2 Å². The molecule has 0 spiro atoms. The van der Waals surface area contributed by atoms with Gasteiger partial charge < -0.3 is 10.1 Å². The number of carbonyl (C=O) groups excluding carboxylic acids is 1. The molecule has 6 nitrogen and oxygen atoms in total. The fraction of sp³-hybridized carbons (Fsp3) is 0.500. The second-order valence-electron chi connectivity index (χ2n) is 9.27. The second kappa shape index (κ2) is 10.2. The first-order valence-corrected chi connectivity index (χ1v) is 14.0. The average molecular weight is 498 g/mol. The zero-order valence-corrected chi connectivity index (χ0v) is 21.4. The number of rotatable bonds is 7. The minimum Gasteiger partial charge on any atom is -0.376 e. The number of fused-ring (bicyclic) bond motifs is 3. The zero-order chi connectivity index (χ0) is 23.7. The molecule has 1 aliphatic heterocycles. The van der Waals surface area contributed by atoms with Gasteiger partial charge in [0.15, 0.2) is 5.16 Å². The van der Waals surface area contributed by atoms with E-state index in [1.165, 1.54) is 28.6 Å². The van der Waals surface area contributed by atoms with Gasteiger partial charge in [-0.05, 0) is 69.1 Å². The Balaban J connectivity index is 1.39. The van der Waals surface area contributed by atoms with E-state index in [1.54, 1.807) is 15.9 Å². The van der Waals surface area contributed by atoms with Crippen LogP contribution in [0.2, 0.25) is 0 Å². The van der Waals surface area contributed by atoms with Gasteiger partial charge in [-0.15, -0.1) is 11.3 Å². The van der Waals surface area contributed by atoms with E-state index in [-0.39, 0.29) is 29.4 Å². The lowest BCUT2D eigenvalue weighted by Gasteiger charge is -2.18. The molecule has 180 valence electrons. The van der Waals surface area contributed by atoms with E-state index in [2.05, 4.69) is 18.3 Å². The monoisotopic (exact) mass is 497 g/mol. The minimum absolute atomic E-state index is 0.0242. The molecule has 3 aromatic rings. The summed E-state index contributed by atoms with van der Waals surface area (Å²) in [5.74, 6) is 0.148. The summed E-state index contributed by atoms with van der Waals surface area (Å²) in [7, 11) is 0. The summed E-state index contributed by atoms with van der Waals surface area (Å²) < 4.78 is 7.60. The van der Waals surface area contributed by atoms with E-state index in [0.717, 1.165) is 60.1 Å². The number of aromatic nitrogens is 2. The van der Waals surface area contributed by atoms with Crippen molar-refractivity contribution in [2.24, 2.45) is 0 Å². The van der Waals surface area contributed by atoms with Crippen LogP contribution in [0.3, 0.4) is 0 Å². The van der Waals surface area contributed by atoms with Crippen molar-refractivity contribution < 1.29 is 9.53 Å². The van der Waals surface area contributed by atoms with Crippen LogP contribution in [0.5, 0.6) is 0 Å². The number of benzene rings is 1. The molecule has 2 atom stereocenters. The predicted molar refractivity (Wildman–Crippen MR) is 138 cm³/mol. The summed E-state index contributed by atoms with van der Waals surface area (Å²) in [5, 5.41) is 4.50. The van der Waals surface area contributed by atoms with Crippen LogP contribution >= 0.6 is 23.1 Å². The molecule has 0 saturated carbocycles. The van der Waals surface area contributed by atoms with Crippen LogP contribution in [0.4, 0.5) is 0 Å². The molecule has 5 rings (SSSR count). The van der Waals surface area contributed by atoms with Gasteiger partial charge in [0, 0.05) is 11.5 Å². The highest BCUT2D eigenvalue weighted by Crippen LogP contribution is 2.35. The molecule has 1 aliphatic carbocycles. The molecule has 1 aromatic carbocycles. The number of carbonyl (C=O) groups is 1. The van der Waals surface area contributed by atoms with Gasteiger partial charge in [0.25, 0.3) is 5.56 Å². The number of ether oxygens (including phenoxy) is 1. The highest BCUT2D eigenvalue weighted by atomic mass is 32.2. The highest BCUT2D eigenvalue weighted by molar-refractivity contribution is 7.99. The molecule has 0 radical (unpaired) electrons. The number of amides is 1. The maximum Gasteiger partial charge on any atom is 0.263 e. The quantitative estimate of drug-likeness (QED) is 0.375. The van der Waals surface area contributed by atoms with Crippen LogP contribution in [-0.2, 0) is 28.9 Å². The van der Waals surface area contributed by atoms with Crippen molar-refractivity contribution in [2.45, 2.75) is 76.2 Å². The number of thioether (sulfide) groups is 1. The SMILES string of the molecule is Cc1ccccc1C(C)NC(=O)CSc1nc2sc3c(c2c(=O)n1CC1CCCO1)CCCC3. The van der Waals surface area contributed by atoms with Crippen molar-refractivity contribution in [1.82, 2.24) is 14.9 Å². The van der Waals surface area contributed by atoms with E-state index in [1.807, 2.05) is 25.1 Å². The summed E-state index contributed by atoms with van der Waals surface area (Å²) in [4.78, 5) is 33.5. The molecular weight excluding hydrogens is 466 g/mol. The Morgan fingerprint density at radius 1 is 1.29 bits per heavy atom. The summed E-state index contributed by atoms with van der Waals surface area (Å²) >= 11 is 3.00. The average Bonchev–Trinajstić information content (AvgIpc) is 3.47. The molecule has 8 heteroatoms. The van der Waals surface area contributed by atoms with Crippen molar-refractivity contribution in [1.29, 1.82) is 0 Å². The van der Waals surface area contributed by atoms with E-state index in [0.29, 0.717) is 11.7 Å². The third kappa shape index (κ3) is 4.81. The molecule has 1 fully saturated rings.